The fourth-order valence-corrected chi connectivity index (χ4v) is 4.63. The predicted molar refractivity (Wildman–Crippen MR) is 135 cm³/mol. The number of methoxy groups -OCH3 is 1. The van der Waals surface area contributed by atoms with Crippen LogP contribution in [0.15, 0.2) is 78.9 Å². The summed E-state index contributed by atoms with van der Waals surface area (Å²) in [5.41, 5.74) is 2.29. The van der Waals surface area contributed by atoms with Gasteiger partial charge in [-0.3, -0.25) is 14.5 Å². The largest absolute Gasteiger partial charge is 0.465 e. The van der Waals surface area contributed by atoms with E-state index in [9.17, 15) is 9.59 Å². The highest BCUT2D eigenvalue weighted by Gasteiger charge is 2.47. The van der Waals surface area contributed by atoms with Gasteiger partial charge in [0.05, 0.1) is 36.8 Å². The molecule has 8 nitrogen and oxygen atoms in total. The molecule has 5 rings (SSSR count). The molecule has 0 unspecified atom stereocenters. The Labute approximate surface area is 209 Å². The van der Waals surface area contributed by atoms with Crippen molar-refractivity contribution in [3.05, 3.63) is 84.4 Å². The van der Waals surface area contributed by atoms with Gasteiger partial charge in [-0.15, -0.1) is 0 Å². The lowest BCUT2D eigenvalue weighted by Gasteiger charge is -2.37. The summed E-state index contributed by atoms with van der Waals surface area (Å²) in [6, 6.07) is 23.9. The Balaban J connectivity index is 1.68. The van der Waals surface area contributed by atoms with Crippen molar-refractivity contribution in [2.45, 2.75) is 13.0 Å². The van der Waals surface area contributed by atoms with Crippen LogP contribution < -0.4 is 9.64 Å². The number of esters is 1. The van der Waals surface area contributed by atoms with Gasteiger partial charge >= 0.3 is 5.97 Å². The van der Waals surface area contributed by atoms with Crippen LogP contribution in [0, 0.1) is 5.92 Å². The van der Waals surface area contributed by atoms with Crippen LogP contribution in [0.1, 0.15) is 18.5 Å². The van der Waals surface area contributed by atoms with Crippen molar-refractivity contribution in [3.63, 3.8) is 0 Å². The molecule has 0 bridgehead atoms. The van der Waals surface area contributed by atoms with Crippen LogP contribution in [-0.4, -0.2) is 48.3 Å². The number of imidazole rings is 1. The monoisotopic (exact) mass is 485 g/mol. The van der Waals surface area contributed by atoms with Crippen LogP contribution in [0.4, 0.5) is 5.95 Å². The van der Waals surface area contributed by atoms with Crippen LogP contribution >= 0.6 is 0 Å². The summed E-state index contributed by atoms with van der Waals surface area (Å²) in [6.45, 7) is 2.46. The van der Waals surface area contributed by atoms with Crippen LogP contribution in [0.25, 0.3) is 11.0 Å². The minimum atomic E-state index is -1.10. The molecule has 3 aromatic carbocycles. The van der Waals surface area contributed by atoms with Gasteiger partial charge in [0.1, 0.15) is 11.5 Å². The molecule has 1 aliphatic heterocycles. The summed E-state index contributed by atoms with van der Waals surface area (Å²) in [6.07, 6.45) is 0. The van der Waals surface area contributed by atoms with Gasteiger partial charge in [-0.05, 0) is 48.9 Å². The van der Waals surface area contributed by atoms with Crippen LogP contribution in [0.3, 0.4) is 0 Å². The number of ether oxygens (including phenoxy) is 3. The zero-order valence-electron chi connectivity index (χ0n) is 20.2. The maximum absolute atomic E-state index is 13.8. The Morgan fingerprint density at radius 2 is 1.72 bits per heavy atom. The molecule has 8 heteroatoms. The third-order valence-electron chi connectivity index (χ3n) is 6.18. The van der Waals surface area contributed by atoms with E-state index < -0.39 is 17.9 Å². The van der Waals surface area contributed by atoms with Gasteiger partial charge in [-0.2, -0.15) is 0 Å². The van der Waals surface area contributed by atoms with Gasteiger partial charge < -0.3 is 18.8 Å². The number of rotatable bonds is 8. The summed E-state index contributed by atoms with van der Waals surface area (Å²) in [4.78, 5) is 33.4. The number of benzene rings is 3. The average Bonchev–Trinajstić information content (AvgIpc) is 3.27. The SMILES string of the molecule is CCOC(=O)[C@@H]1C(=O)N(CCOC)c2nc3ccccc3n2[C@H]1c1cccc(Oc2ccccc2)c1. The number of anilines is 1. The van der Waals surface area contributed by atoms with E-state index in [1.807, 2.05) is 83.4 Å². The number of nitrogens with zero attached hydrogens (tertiary/aromatic N) is 3. The molecule has 0 saturated carbocycles. The highest BCUT2D eigenvalue weighted by Crippen LogP contribution is 2.42. The molecule has 1 aliphatic rings. The van der Waals surface area contributed by atoms with Crippen molar-refractivity contribution >= 4 is 28.9 Å². The van der Waals surface area contributed by atoms with Gasteiger partial charge in [0.2, 0.25) is 11.9 Å². The van der Waals surface area contributed by atoms with Crippen molar-refractivity contribution in [2.24, 2.45) is 5.92 Å². The van der Waals surface area contributed by atoms with Crippen LogP contribution in [0.5, 0.6) is 11.5 Å². The van der Waals surface area contributed by atoms with Crippen LogP contribution in [0.2, 0.25) is 0 Å². The van der Waals surface area contributed by atoms with E-state index in [0.29, 0.717) is 24.1 Å². The van der Waals surface area contributed by atoms with Crippen LogP contribution in [-0.2, 0) is 19.1 Å². The lowest BCUT2D eigenvalue weighted by atomic mass is 9.89. The lowest BCUT2D eigenvalue weighted by molar-refractivity contribution is -0.153. The quantitative estimate of drug-likeness (QED) is 0.268. The molecule has 0 radical (unpaired) electrons. The van der Waals surface area contributed by atoms with Crippen molar-refractivity contribution in [2.75, 3.05) is 31.8 Å². The van der Waals surface area contributed by atoms with Crippen molar-refractivity contribution in [1.29, 1.82) is 0 Å². The highest BCUT2D eigenvalue weighted by molar-refractivity contribution is 6.08. The van der Waals surface area contributed by atoms with Crippen molar-refractivity contribution in [3.8, 4) is 11.5 Å². The minimum Gasteiger partial charge on any atom is -0.465 e. The topological polar surface area (TPSA) is 82.9 Å². The molecule has 184 valence electrons. The number of aromatic nitrogens is 2. The summed E-state index contributed by atoms with van der Waals surface area (Å²) >= 11 is 0. The molecular formula is C28H27N3O5. The Hall–Kier alpha value is -4.17. The standard InChI is InChI=1S/C28H27N3O5/c1-3-35-27(33)24-25(19-10-9-13-21(18-19)36-20-11-5-4-6-12-20)31-23-15-8-7-14-22(23)29-28(31)30(26(24)32)16-17-34-2/h4-15,18,24-25H,3,16-17H2,1-2H3/t24-,25-/m0/s1. The number of para-hydroxylation sites is 3. The van der Waals surface area contributed by atoms with E-state index in [4.69, 9.17) is 19.2 Å². The molecule has 2 heterocycles. The Kier molecular flexibility index (Phi) is 6.69. The molecule has 4 aromatic rings. The van der Waals surface area contributed by atoms with Gasteiger partial charge in [0, 0.05) is 7.11 Å². The first kappa shape index (κ1) is 23.6. The van der Waals surface area contributed by atoms with E-state index >= 15 is 0 Å². The van der Waals surface area contributed by atoms with E-state index in [-0.39, 0.29) is 19.1 Å². The molecule has 0 spiro atoms. The first-order valence-electron chi connectivity index (χ1n) is 11.9. The number of carbonyl (C=O) groups is 2. The van der Waals surface area contributed by atoms with E-state index in [1.165, 1.54) is 4.90 Å². The molecule has 1 aromatic heterocycles. The van der Waals surface area contributed by atoms with E-state index in [1.54, 1.807) is 14.0 Å². The summed E-state index contributed by atoms with van der Waals surface area (Å²) < 4.78 is 18.7. The summed E-state index contributed by atoms with van der Waals surface area (Å²) in [7, 11) is 1.57. The molecule has 36 heavy (non-hydrogen) atoms. The molecule has 1 amide bonds. The zero-order valence-corrected chi connectivity index (χ0v) is 20.2. The molecular weight excluding hydrogens is 458 g/mol. The second kappa shape index (κ2) is 10.2. The van der Waals surface area contributed by atoms with Gasteiger partial charge in [0.15, 0.2) is 5.92 Å². The van der Waals surface area contributed by atoms with E-state index in [2.05, 4.69) is 0 Å². The fourth-order valence-electron chi connectivity index (χ4n) is 4.63. The highest BCUT2D eigenvalue weighted by atomic mass is 16.5. The average molecular weight is 486 g/mol. The number of hydrogen-bond acceptors (Lipinski definition) is 6. The van der Waals surface area contributed by atoms with Gasteiger partial charge in [0.25, 0.3) is 0 Å². The third-order valence-corrected chi connectivity index (χ3v) is 6.18. The zero-order chi connectivity index (χ0) is 25.1. The first-order valence-corrected chi connectivity index (χ1v) is 11.9. The molecule has 0 fully saturated rings. The van der Waals surface area contributed by atoms with Crippen molar-refractivity contribution < 1.29 is 23.8 Å². The normalized spacial score (nSPS) is 17.2. The molecule has 0 N–H and O–H groups in total. The number of hydrogen-bond donors (Lipinski definition) is 0. The maximum atomic E-state index is 13.8. The molecule has 0 saturated heterocycles. The van der Waals surface area contributed by atoms with Crippen molar-refractivity contribution in [1.82, 2.24) is 9.55 Å². The van der Waals surface area contributed by atoms with E-state index in [0.717, 1.165) is 16.6 Å². The fraction of sp³-hybridized carbons (Fsp3) is 0.250. The Morgan fingerprint density at radius 1 is 0.972 bits per heavy atom. The Morgan fingerprint density at radius 3 is 2.50 bits per heavy atom. The lowest BCUT2D eigenvalue weighted by Crippen LogP contribution is -2.51. The molecule has 2 atom stereocenters. The Bertz CT molecular complexity index is 1380. The number of carbonyl (C=O) groups excluding carboxylic acids is 2. The summed E-state index contributed by atoms with van der Waals surface area (Å²) in [5.74, 6) is -0.283. The van der Waals surface area contributed by atoms with Gasteiger partial charge in [-0.25, -0.2) is 4.98 Å². The second-order valence-corrected chi connectivity index (χ2v) is 8.42. The smallest absolute Gasteiger partial charge is 0.321 e. The second-order valence-electron chi connectivity index (χ2n) is 8.42. The first-order chi connectivity index (χ1) is 17.6. The number of fused-ring (bicyclic) bond motifs is 3. The maximum Gasteiger partial charge on any atom is 0.321 e. The predicted octanol–water partition coefficient (Wildman–Crippen LogP) is 4.59. The third kappa shape index (κ3) is 4.31. The van der Waals surface area contributed by atoms with Gasteiger partial charge in [-0.1, -0.05) is 42.5 Å². The number of amides is 1. The molecule has 0 aliphatic carbocycles. The summed E-state index contributed by atoms with van der Waals surface area (Å²) in [5, 5.41) is 0. The minimum absolute atomic E-state index is 0.169.